The van der Waals surface area contributed by atoms with Crippen molar-refractivity contribution in [1.29, 1.82) is 0 Å². The lowest BCUT2D eigenvalue weighted by Crippen LogP contribution is -2.00. The molecule has 0 bridgehead atoms. The molecule has 2 aromatic rings. The van der Waals surface area contributed by atoms with Gasteiger partial charge in [-0.15, -0.1) is 24.8 Å². The Morgan fingerprint density at radius 1 is 1.11 bits per heavy atom. The summed E-state index contributed by atoms with van der Waals surface area (Å²) in [5, 5.41) is 4.55. The highest BCUT2D eigenvalue weighted by molar-refractivity contribution is 6.35. The molecule has 2 nitrogen and oxygen atoms in total. The number of nitrogens with one attached hydrogen (secondary N) is 1. The lowest BCUT2D eigenvalue weighted by Gasteiger charge is -2.07. The third-order valence-corrected chi connectivity index (χ3v) is 2.75. The number of aromatic nitrogens is 1. The van der Waals surface area contributed by atoms with Crippen LogP contribution in [0, 0.1) is 0 Å². The SMILES string of the molecule is Cl.Cl.Clc1ccc(CNc2cccnc2)c(Cl)c1. The summed E-state index contributed by atoms with van der Waals surface area (Å²) < 4.78 is 0. The summed E-state index contributed by atoms with van der Waals surface area (Å²) in [6.45, 7) is 0.654. The predicted molar refractivity (Wildman–Crippen MR) is 82.5 cm³/mol. The molecular weight excluding hydrogens is 314 g/mol. The number of anilines is 1. The third kappa shape index (κ3) is 4.91. The largest absolute Gasteiger partial charge is 0.380 e. The Morgan fingerprint density at radius 3 is 2.50 bits per heavy atom. The Balaban J connectivity index is 0.00000144. The fourth-order valence-electron chi connectivity index (χ4n) is 1.33. The zero-order chi connectivity index (χ0) is 11.4. The van der Waals surface area contributed by atoms with E-state index in [9.17, 15) is 0 Å². The maximum absolute atomic E-state index is 6.06. The van der Waals surface area contributed by atoms with Gasteiger partial charge in [-0.05, 0) is 29.8 Å². The normalized spacial score (nSPS) is 9.00. The Hall–Kier alpha value is -0.670. The van der Waals surface area contributed by atoms with Gasteiger partial charge in [-0.3, -0.25) is 4.98 Å². The van der Waals surface area contributed by atoms with Crippen molar-refractivity contribution in [2.24, 2.45) is 0 Å². The van der Waals surface area contributed by atoms with Crippen molar-refractivity contribution in [3.05, 3.63) is 58.3 Å². The molecule has 1 aromatic carbocycles. The summed E-state index contributed by atoms with van der Waals surface area (Å²) in [4.78, 5) is 4.02. The van der Waals surface area contributed by atoms with E-state index in [-0.39, 0.29) is 24.8 Å². The number of nitrogens with zero attached hydrogens (tertiary/aromatic N) is 1. The third-order valence-electron chi connectivity index (χ3n) is 2.16. The molecule has 0 saturated heterocycles. The average molecular weight is 326 g/mol. The molecule has 6 heteroatoms. The van der Waals surface area contributed by atoms with Gasteiger partial charge in [0.1, 0.15) is 0 Å². The standard InChI is InChI=1S/C12H10Cl2N2.2ClH/c13-10-4-3-9(12(14)6-10)7-16-11-2-1-5-15-8-11;;/h1-6,8,16H,7H2;2*1H. The topological polar surface area (TPSA) is 24.9 Å². The first-order chi connectivity index (χ1) is 7.75. The Morgan fingerprint density at radius 2 is 1.89 bits per heavy atom. The second kappa shape index (κ2) is 8.44. The highest BCUT2D eigenvalue weighted by Gasteiger charge is 2.00. The molecule has 1 aromatic heterocycles. The number of rotatable bonds is 3. The zero-order valence-corrected chi connectivity index (χ0v) is 12.4. The highest BCUT2D eigenvalue weighted by atomic mass is 35.5. The van der Waals surface area contributed by atoms with Crippen LogP contribution in [0.4, 0.5) is 5.69 Å². The maximum Gasteiger partial charge on any atom is 0.0529 e. The Bertz CT molecular complexity index is 477. The summed E-state index contributed by atoms with van der Waals surface area (Å²) in [5.41, 5.74) is 1.98. The molecule has 1 heterocycles. The lowest BCUT2D eigenvalue weighted by atomic mass is 10.2. The van der Waals surface area contributed by atoms with E-state index in [1.165, 1.54) is 0 Å². The number of hydrogen-bond donors (Lipinski definition) is 1. The van der Waals surface area contributed by atoms with Crippen molar-refractivity contribution < 1.29 is 0 Å². The van der Waals surface area contributed by atoms with Gasteiger partial charge < -0.3 is 5.32 Å². The fourth-order valence-corrected chi connectivity index (χ4v) is 1.80. The molecule has 0 atom stereocenters. The first kappa shape index (κ1) is 17.3. The van der Waals surface area contributed by atoms with Crippen LogP contribution in [0.5, 0.6) is 0 Å². The van der Waals surface area contributed by atoms with Crippen molar-refractivity contribution >= 4 is 53.7 Å². The van der Waals surface area contributed by atoms with Gasteiger partial charge in [0.25, 0.3) is 0 Å². The minimum Gasteiger partial charge on any atom is -0.380 e. The second-order valence-electron chi connectivity index (χ2n) is 3.33. The molecular formula is C12H12Cl4N2. The van der Waals surface area contributed by atoms with E-state index in [2.05, 4.69) is 10.3 Å². The first-order valence-corrected chi connectivity index (χ1v) is 5.59. The van der Waals surface area contributed by atoms with E-state index in [4.69, 9.17) is 23.2 Å². The Labute approximate surface area is 129 Å². The fraction of sp³-hybridized carbons (Fsp3) is 0.0833. The van der Waals surface area contributed by atoms with E-state index >= 15 is 0 Å². The van der Waals surface area contributed by atoms with Crippen molar-refractivity contribution in [3.63, 3.8) is 0 Å². The van der Waals surface area contributed by atoms with Crippen LogP contribution in [0.2, 0.25) is 10.0 Å². The monoisotopic (exact) mass is 324 g/mol. The lowest BCUT2D eigenvalue weighted by molar-refractivity contribution is 1.14. The van der Waals surface area contributed by atoms with Crippen LogP contribution in [-0.4, -0.2) is 4.98 Å². The van der Waals surface area contributed by atoms with Crippen LogP contribution in [0.15, 0.2) is 42.7 Å². The quantitative estimate of drug-likeness (QED) is 0.873. The van der Waals surface area contributed by atoms with Gasteiger partial charge in [-0.1, -0.05) is 29.3 Å². The molecule has 0 spiro atoms. The average Bonchev–Trinajstić information content (AvgIpc) is 2.29. The molecule has 0 saturated carbocycles. The molecule has 0 fully saturated rings. The minimum absolute atomic E-state index is 0. The van der Waals surface area contributed by atoms with Crippen LogP contribution in [-0.2, 0) is 6.54 Å². The molecule has 98 valence electrons. The van der Waals surface area contributed by atoms with Crippen LogP contribution >= 0.6 is 48.0 Å². The van der Waals surface area contributed by atoms with Crippen molar-refractivity contribution in [3.8, 4) is 0 Å². The van der Waals surface area contributed by atoms with E-state index in [1.807, 2.05) is 24.3 Å². The van der Waals surface area contributed by atoms with Crippen LogP contribution in [0.25, 0.3) is 0 Å². The number of hydrogen-bond acceptors (Lipinski definition) is 2. The number of pyridine rings is 1. The summed E-state index contributed by atoms with van der Waals surface area (Å²) in [6, 6.07) is 9.31. The van der Waals surface area contributed by atoms with E-state index in [1.54, 1.807) is 18.5 Å². The summed E-state index contributed by atoms with van der Waals surface area (Å²) in [6.07, 6.45) is 3.50. The van der Waals surface area contributed by atoms with Gasteiger partial charge in [0.05, 0.1) is 5.69 Å². The minimum atomic E-state index is 0. The van der Waals surface area contributed by atoms with Gasteiger partial charge in [0.2, 0.25) is 0 Å². The summed E-state index contributed by atoms with van der Waals surface area (Å²) >= 11 is 11.9. The number of benzene rings is 1. The highest BCUT2D eigenvalue weighted by Crippen LogP contribution is 2.21. The number of halogens is 4. The van der Waals surface area contributed by atoms with Crippen LogP contribution < -0.4 is 5.32 Å². The smallest absolute Gasteiger partial charge is 0.0529 e. The molecule has 0 aliphatic rings. The van der Waals surface area contributed by atoms with Gasteiger partial charge in [0.15, 0.2) is 0 Å². The molecule has 2 rings (SSSR count). The van der Waals surface area contributed by atoms with Gasteiger partial charge in [-0.2, -0.15) is 0 Å². The van der Waals surface area contributed by atoms with E-state index < -0.39 is 0 Å². The predicted octanol–water partition coefficient (Wildman–Crippen LogP) is 4.84. The van der Waals surface area contributed by atoms with E-state index in [0.717, 1.165) is 11.3 Å². The molecule has 0 amide bonds. The van der Waals surface area contributed by atoms with Crippen molar-refractivity contribution in [2.75, 3.05) is 5.32 Å². The second-order valence-corrected chi connectivity index (χ2v) is 4.17. The molecule has 0 unspecified atom stereocenters. The summed E-state index contributed by atoms with van der Waals surface area (Å²) in [7, 11) is 0. The molecule has 0 radical (unpaired) electrons. The van der Waals surface area contributed by atoms with Gasteiger partial charge in [0, 0.05) is 29.0 Å². The van der Waals surface area contributed by atoms with Crippen molar-refractivity contribution in [2.45, 2.75) is 6.54 Å². The molecule has 0 aliphatic heterocycles. The Kier molecular flexibility index (Phi) is 8.12. The summed E-state index contributed by atoms with van der Waals surface area (Å²) in [5.74, 6) is 0. The van der Waals surface area contributed by atoms with Crippen molar-refractivity contribution in [1.82, 2.24) is 4.98 Å². The maximum atomic E-state index is 6.06. The molecule has 18 heavy (non-hydrogen) atoms. The first-order valence-electron chi connectivity index (χ1n) is 4.83. The van der Waals surface area contributed by atoms with Crippen LogP contribution in [0.3, 0.4) is 0 Å². The molecule has 1 N–H and O–H groups in total. The van der Waals surface area contributed by atoms with Gasteiger partial charge >= 0.3 is 0 Å². The van der Waals surface area contributed by atoms with Gasteiger partial charge in [-0.25, -0.2) is 0 Å². The molecule has 0 aliphatic carbocycles. The van der Waals surface area contributed by atoms with Crippen LogP contribution in [0.1, 0.15) is 5.56 Å². The zero-order valence-electron chi connectivity index (χ0n) is 9.27. The van der Waals surface area contributed by atoms with E-state index in [0.29, 0.717) is 16.6 Å².